The van der Waals surface area contributed by atoms with Gasteiger partial charge in [-0.25, -0.2) is 0 Å². The predicted molar refractivity (Wildman–Crippen MR) is 111 cm³/mol. The highest BCUT2D eigenvalue weighted by molar-refractivity contribution is 5.84. The van der Waals surface area contributed by atoms with Crippen molar-refractivity contribution in [2.24, 2.45) is 0 Å². The number of nitrogens with one attached hydrogen (secondary N) is 2. The predicted octanol–water partition coefficient (Wildman–Crippen LogP) is 2.54. The summed E-state index contributed by atoms with van der Waals surface area (Å²) in [7, 11) is 1.68. The average Bonchev–Trinajstić information content (AvgIpc) is 3.45. The zero-order valence-electron chi connectivity index (χ0n) is 16.4. The number of carbonyl (C=O) groups is 1. The van der Waals surface area contributed by atoms with E-state index in [-0.39, 0.29) is 17.9 Å². The molecule has 1 aliphatic carbocycles. The van der Waals surface area contributed by atoms with Crippen LogP contribution >= 0.6 is 0 Å². The van der Waals surface area contributed by atoms with Gasteiger partial charge in [-0.05, 0) is 49.1 Å². The van der Waals surface area contributed by atoms with E-state index in [2.05, 4.69) is 52.1 Å². The second-order valence-corrected chi connectivity index (χ2v) is 7.66. The van der Waals surface area contributed by atoms with Crippen LogP contribution in [0.15, 0.2) is 54.7 Å². The third kappa shape index (κ3) is 4.04. The molecule has 0 saturated heterocycles. The first kappa shape index (κ1) is 18.6. The number of aromatic amines is 1. The molecule has 1 amide bonds. The molecule has 1 saturated carbocycles. The number of aromatic nitrogens is 1. The van der Waals surface area contributed by atoms with Crippen LogP contribution in [0.3, 0.4) is 0 Å². The molecule has 0 bridgehead atoms. The van der Waals surface area contributed by atoms with Crippen molar-refractivity contribution in [3.05, 3.63) is 65.9 Å². The van der Waals surface area contributed by atoms with E-state index in [9.17, 15) is 4.79 Å². The van der Waals surface area contributed by atoms with Gasteiger partial charge in [0.15, 0.2) is 6.04 Å². The number of amides is 1. The first-order chi connectivity index (χ1) is 13.7. The molecule has 1 aliphatic rings. The SMILES string of the molecule is COc1ccc([C@@H](C[NH2+][C@H](C)C(=O)NC2CC2)c2c[nH]c3ccccc23)cc1. The van der Waals surface area contributed by atoms with E-state index in [0.29, 0.717) is 6.04 Å². The van der Waals surface area contributed by atoms with Crippen molar-refractivity contribution in [3.8, 4) is 5.75 Å². The normalized spacial score (nSPS) is 15.9. The van der Waals surface area contributed by atoms with Crippen LogP contribution in [0, 0.1) is 0 Å². The molecule has 28 heavy (non-hydrogen) atoms. The van der Waals surface area contributed by atoms with E-state index in [1.54, 1.807) is 7.11 Å². The van der Waals surface area contributed by atoms with Crippen molar-refractivity contribution in [2.75, 3.05) is 13.7 Å². The molecule has 4 N–H and O–H groups in total. The number of para-hydroxylation sites is 1. The summed E-state index contributed by atoms with van der Waals surface area (Å²) in [6.45, 7) is 2.78. The Hall–Kier alpha value is -2.79. The highest BCUT2D eigenvalue weighted by Gasteiger charge is 2.28. The average molecular weight is 378 g/mol. The molecule has 3 aromatic rings. The van der Waals surface area contributed by atoms with Crippen LogP contribution in [0.2, 0.25) is 0 Å². The monoisotopic (exact) mass is 378 g/mol. The summed E-state index contributed by atoms with van der Waals surface area (Å²) in [6, 6.07) is 16.9. The summed E-state index contributed by atoms with van der Waals surface area (Å²) in [4.78, 5) is 15.7. The van der Waals surface area contributed by atoms with Gasteiger partial charge in [-0.3, -0.25) is 4.79 Å². The number of quaternary nitrogens is 1. The molecule has 0 unspecified atom stereocenters. The minimum absolute atomic E-state index is 0.105. The fourth-order valence-electron chi connectivity index (χ4n) is 3.67. The smallest absolute Gasteiger partial charge is 0.278 e. The van der Waals surface area contributed by atoms with E-state index in [0.717, 1.165) is 30.7 Å². The second-order valence-electron chi connectivity index (χ2n) is 7.66. The van der Waals surface area contributed by atoms with Crippen molar-refractivity contribution < 1.29 is 14.8 Å². The molecule has 1 heterocycles. The van der Waals surface area contributed by atoms with Crippen LogP contribution < -0.4 is 15.4 Å². The van der Waals surface area contributed by atoms with Crippen LogP contribution in [-0.4, -0.2) is 36.6 Å². The number of methoxy groups -OCH3 is 1. The van der Waals surface area contributed by atoms with E-state index in [1.807, 2.05) is 25.1 Å². The topological polar surface area (TPSA) is 70.7 Å². The lowest BCUT2D eigenvalue weighted by molar-refractivity contribution is -0.674. The van der Waals surface area contributed by atoms with Crippen LogP contribution in [-0.2, 0) is 4.79 Å². The molecule has 1 fully saturated rings. The molecule has 0 radical (unpaired) electrons. The number of hydrogen-bond acceptors (Lipinski definition) is 2. The molecule has 1 aromatic heterocycles. The molecule has 0 spiro atoms. The van der Waals surface area contributed by atoms with Crippen molar-refractivity contribution in [3.63, 3.8) is 0 Å². The summed E-state index contributed by atoms with van der Waals surface area (Å²) < 4.78 is 5.32. The van der Waals surface area contributed by atoms with Crippen molar-refractivity contribution in [2.45, 2.75) is 37.8 Å². The third-order valence-corrected chi connectivity index (χ3v) is 5.58. The lowest BCUT2D eigenvalue weighted by atomic mass is 9.90. The van der Waals surface area contributed by atoms with Crippen molar-refractivity contribution in [1.82, 2.24) is 10.3 Å². The molecule has 146 valence electrons. The second kappa shape index (κ2) is 8.07. The van der Waals surface area contributed by atoms with Crippen LogP contribution in [0.25, 0.3) is 10.9 Å². The maximum Gasteiger partial charge on any atom is 0.278 e. The minimum atomic E-state index is -0.105. The highest BCUT2D eigenvalue weighted by atomic mass is 16.5. The Morgan fingerprint density at radius 3 is 2.68 bits per heavy atom. The van der Waals surface area contributed by atoms with Gasteiger partial charge in [-0.2, -0.15) is 0 Å². The number of nitrogens with two attached hydrogens (primary N) is 1. The number of carbonyl (C=O) groups excluding carboxylic acids is 1. The summed E-state index contributed by atoms with van der Waals surface area (Å²) in [5.41, 5.74) is 3.61. The Kier molecular flexibility index (Phi) is 5.35. The quantitative estimate of drug-likeness (QED) is 0.564. The molecule has 2 atom stereocenters. The number of H-pyrrole nitrogens is 1. The number of hydrogen-bond donors (Lipinski definition) is 3. The highest BCUT2D eigenvalue weighted by Crippen LogP contribution is 2.30. The van der Waals surface area contributed by atoms with Gasteiger partial charge in [0.1, 0.15) is 5.75 Å². The Balaban J connectivity index is 1.58. The third-order valence-electron chi connectivity index (χ3n) is 5.58. The van der Waals surface area contributed by atoms with Gasteiger partial charge in [0.25, 0.3) is 5.91 Å². The summed E-state index contributed by atoms with van der Waals surface area (Å²) in [6.07, 6.45) is 4.33. The van der Waals surface area contributed by atoms with Gasteiger partial charge in [0.2, 0.25) is 0 Å². The van der Waals surface area contributed by atoms with Crippen LogP contribution in [0.4, 0.5) is 0 Å². The summed E-state index contributed by atoms with van der Waals surface area (Å²) >= 11 is 0. The van der Waals surface area contributed by atoms with Gasteiger partial charge >= 0.3 is 0 Å². The lowest BCUT2D eigenvalue weighted by Crippen LogP contribution is -2.92. The number of ether oxygens (including phenoxy) is 1. The van der Waals surface area contributed by atoms with E-state index < -0.39 is 0 Å². The molecule has 2 aromatic carbocycles. The Bertz CT molecular complexity index is 944. The molecule has 5 nitrogen and oxygen atoms in total. The van der Waals surface area contributed by atoms with Gasteiger partial charge in [-0.15, -0.1) is 0 Å². The van der Waals surface area contributed by atoms with Gasteiger partial charge in [0, 0.05) is 23.1 Å². The summed E-state index contributed by atoms with van der Waals surface area (Å²) in [5.74, 6) is 1.16. The maximum absolute atomic E-state index is 12.4. The molecule has 0 aliphatic heterocycles. The Morgan fingerprint density at radius 2 is 1.96 bits per heavy atom. The van der Waals surface area contributed by atoms with E-state index in [4.69, 9.17) is 4.74 Å². The first-order valence-electron chi connectivity index (χ1n) is 9.99. The van der Waals surface area contributed by atoms with Crippen LogP contribution in [0.5, 0.6) is 5.75 Å². The van der Waals surface area contributed by atoms with Crippen molar-refractivity contribution >= 4 is 16.8 Å². The number of benzene rings is 2. The standard InChI is InChI=1S/C23H27N3O2/c1-15(23(27)26-17-9-10-17)24-13-20(16-7-11-18(28-2)12-8-16)21-14-25-22-6-4-3-5-19(21)22/h3-8,11-12,14-15,17,20,24-25H,9-10,13H2,1-2H3,(H,26,27)/p+1/t15-,20-/m1/s1. The summed E-state index contributed by atoms with van der Waals surface area (Å²) in [5, 5.41) is 6.48. The zero-order valence-corrected chi connectivity index (χ0v) is 16.4. The van der Waals surface area contributed by atoms with Crippen molar-refractivity contribution in [1.29, 1.82) is 0 Å². The molecular weight excluding hydrogens is 350 g/mol. The fraction of sp³-hybridized carbons (Fsp3) is 0.348. The lowest BCUT2D eigenvalue weighted by Gasteiger charge is -2.19. The first-order valence-corrected chi connectivity index (χ1v) is 9.99. The zero-order chi connectivity index (χ0) is 19.5. The fourth-order valence-corrected chi connectivity index (χ4v) is 3.67. The van der Waals surface area contributed by atoms with Gasteiger partial charge < -0.3 is 20.4 Å². The van der Waals surface area contributed by atoms with E-state index >= 15 is 0 Å². The number of fused-ring (bicyclic) bond motifs is 1. The minimum Gasteiger partial charge on any atom is -0.497 e. The molecule has 4 rings (SSSR count). The van der Waals surface area contributed by atoms with Gasteiger partial charge in [0.05, 0.1) is 19.6 Å². The largest absolute Gasteiger partial charge is 0.497 e. The number of rotatable bonds is 8. The van der Waals surface area contributed by atoms with Crippen LogP contribution in [0.1, 0.15) is 36.8 Å². The molecule has 5 heteroatoms. The Labute approximate surface area is 165 Å². The van der Waals surface area contributed by atoms with E-state index in [1.165, 1.54) is 16.5 Å². The molecular formula is C23H28N3O2+. The Morgan fingerprint density at radius 1 is 1.21 bits per heavy atom. The maximum atomic E-state index is 12.4. The van der Waals surface area contributed by atoms with Gasteiger partial charge in [-0.1, -0.05) is 30.3 Å².